The zero-order chi connectivity index (χ0) is 17.1. The van der Waals surface area contributed by atoms with E-state index in [1.54, 1.807) is 14.2 Å². The van der Waals surface area contributed by atoms with Gasteiger partial charge in [-0.2, -0.15) is 0 Å². The summed E-state index contributed by atoms with van der Waals surface area (Å²) in [6.07, 6.45) is 4.32. The molecule has 0 atom stereocenters. The van der Waals surface area contributed by atoms with Crippen molar-refractivity contribution in [2.24, 2.45) is 15.7 Å². The molecule has 0 saturated carbocycles. The van der Waals surface area contributed by atoms with Gasteiger partial charge >= 0.3 is 0 Å². The van der Waals surface area contributed by atoms with Crippen molar-refractivity contribution in [2.45, 2.75) is 47.5 Å². The first-order valence-corrected chi connectivity index (χ1v) is 8.20. The predicted octanol–water partition coefficient (Wildman–Crippen LogP) is 3.34. The summed E-state index contributed by atoms with van der Waals surface area (Å²) in [7, 11) is 3.34. The molecule has 22 heavy (non-hydrogen) atoms. The number of hydrogen-bond donors (Lipinski definition) is 1. The Hall–Kier alpha value is -1.78. The molecule has 0 aliphatic carbocycles. The van der Waals surface area contributed by atoms with Crippen molar-refractivity contribution in [3.63, 3.8) is 0 Å². The summed E-state index contributed by atoms with van der Waals surface area (Å²) in [6.45, 7) is 12.2. The third kappa shape index (κ3) is 4.90. The molecule has 0 bridgehead atoms. The van der Waals surface area contributed by atoms with E-state index >= 15 is 0 Å². The van der Waals surface area contributed by atoms with E-state index in [0.29, 0.717) is 11.6 Å². The van der Waals surface area contributed by atoms with Crippen LogP contribution < -0.4 is 5.73 Å². The maximum atomic E-state index is 5.88. The van der Waals surface area contributed by atoms with E-state index in [1.165, 1.54) is 12.8 Å². The summed E-state index contributed by atoms with van der Waals surface area (Å²) in [6, 6.07) is 0. The third-order valence-electron chi connectivity index (χ3n) is 3.38. The normalized spacial score (nSPS) is 21.0. The average molecular weight is 308 g/mol. The molecule has 126 valence electrons. The molecule has 0 spiro atoms. The Morgan fingerprint density at radius 2 is 1.77 bits per heavy atom. The maximum absolute atomic E-state index is 5.88. The molecule has 1 saturated heterocycles. The fraction of sp³-hybridized carbons (Fsp3) is 0.647. The fourth-order valence-electron chi connectivity index (χ4n) is 2.30. The Balaban J connectivity index is 0.00000102. The summed E-state index contributed by atoms with van der Waals surface area (Å²) in [4.78, 5) is 11.0. The first kappa shape index (κ1) is 20.2. The quantitative estimate of drug-likeness (QED) is 0.851. The molecule has 0 radical (unpaired) electrons. The van der Waals surface area contributed by atoms with E-state index in [-0.39, 0.29) is 0 Å². The number of likely N-dealkylation sites (tertiary alicyclic amines) is 1. The molecule has 0 aromatic carbocycles. The van der Waals surface area contributed by atoms with Crippen LogP contribution in [0.25, 0.3) is 0 Å². The minimum atomic E-state index is 0.415. The standard InChI is InChI=1S/C13H20N4O.2C2H6/c1-9(17-6-4-5-7-17)12-10(15-2)8-11(18-3)13(14)16-12;2*1-2/h8H,4-7H2,1-3H3,(H2,14,16);2*1-2H3/b12-9-,15-10?;;. The molecule has 0 aromatic rings. The van der Waals surface area contributed by atoms with Crippen LogP contribution in [-0.4, -0.2) is 43.7 Å². The van der Waals surface area contributed by atoms with Crippen molar-refractivity contribution in [3.8, 4) is 0 Å². The van der Waals surface area contributed by atoms with Crippen molar-refractivity contribution < 1.29 is 4.74 Å². The number of nitrogens with two attached hydrogens (primary N) is 1. The van der Waals surface area contributed by atoms with E-state index in [2.05, 4.69) is 21.8 Å². The van der Waals surface area contributed by atoms with Gasteiger partial charge in [-0.3, -0.25) is 4.99 Å². The minimum Gasteiger partial charge on any atom is -0.493 e. The molecular formula is C17H32N4O. The van der Waals surface area contributed by atoms with Crippen molar-refractivity contribution >= 4 is 11.5 Å². The second-order valence-electron chi connectivity index (χ2n) is 4.45. The zero-order valence-corrected chi connectivity index (χ0v) is 15.2. The van der Waals surface area contributed by atoms with Crippen LogP contribution in [0.1, 0.15) is 47.5 Å². The number of rotatable bonds is 2. The predicted molar refractivity (Wildman–Crippen MR) is 96.3 cm³/mol. The fourth-order valence-corrected chi connectivity index (χ4v) is 2.30. The van der Waals surface area contributed by atoms with Crippen LogP contribution in [0.4, 0.5) is 0 Å². The summed E-state index contributed by atoms with van der Waals surface area (Å²) in [5.41, 5.74) is 8.71. The van der Waals surface area contributed by atoms with Crippen molar-refractivity contribution in [3.05, 3.63) is 23.2 Å². The van der Waals surface area contributed by atoms with Crippen molar-refractivity contribution in [1.29, 1.82) is 0 Å². The Morgan fingerprint density at radius 3 is 2.23 bits per heavy atom. The van der Waals surface area contributed by atoms with E-state index in [9.17, 15) is 0 Å². The number of amidine groups is 1. The Labute approximate surface area is 135 Å². The van der Waals surface area contributed by atoms with Crippen LogP contribution in [0.3, 0.4) is 0 Å². The molecule has 0 unspecified atom stereocenters. The second kappa shape index (κ2) is 10.9. The summed E-state index contributed by atoms with van der Waals surface area (Å²) >= 11 is 0. The number of ether oxygens (including phenoxy) is 1. The molecule has 2 rings (SSSR count). The number of hydrogen-bond acceptors (Lipinski definition) is 5. The number of aliphatic imine (C=N–C) groups is 2. The molecule has 0 amide bonds. The van der Waals surface area contributed by atoms with Crippen LogP contribution in [0.5, 0.6) is 0 Å². The Kier molecular flexibility index (Phi) is 10.00. The Bertz CT molecular complexity index is 455. The SMILES string of the molecule is CC.CC.CN=C1C=C(OC)C(N)=N/C1=C(/C)N1CCCC1. The van der Waals surface area contributed by atoms with Gasteiger partial charge in [-0.1, -0.05) is 27.7 Å². The molecule has 2 aliphatic rings. The van der Waals surface area contributed by atoms with E-state index in [1.807, 2.05) is 33.8 Å². The lowest BCUT2D eigenvalue weighted by atomic mass is 10.1. The van der Waals surface area contributed by atoms with Crippen molar-refractivity contribution in [2.75, 3.05) is 27.2 Å². The van der Waals surface area contributed by atoms with Crippen LogP contribution in [0.2, 0.25) is 0 Å². The first-order chi connectivity index (χ1) is 10.7. The van der Waals surface area contributed by atoms with Gasteiger partial charge in [0.2, 0.25) is 0 Å². The lowest BCUT2D eigenvalue weighted by Crippen LogP contribution is -2.26. The highest BCUT2D eigenvalue weighted by atomic mass is 16.5. The van der Waals surface area contributed by atoms with Crippen LogP contribution >= 0.6 is 0 Å². The highest BCUT2D eigenvalue weighted by molar-refractivity contribution is 6.17. The summed E-state index contributed by atoms with van der Waals surface area (Å²) in [5.74, 6) is 0.993. The minimum absolute atomic E-state index is 0.415. The average Bonchev–Trinajstić information content (AvgIpc) is 3.12. The lowest BCUT2D eigenvalue weighted by Gasteiger charge is -2.23. The van der Waals surface area contributed by atoms with Crippen LogP contribution in [0, 0.1) is 0 Å². The number of nitrogens with zero attached hydrogens (tertiary/aromatic N) is 3. The van der Waals surface area contributed by atoms with Gasteiger partial charge in [-0.25, -0.2) is 4.99 Å². The monoisotopic (exact) mass is 308 g/mol. The van der Waals surface area contributed by atoms with Gasteiger partial charge < -0.3 is 15.4 Å². The number of methoxy groups -OCH3 is 1. The molecule has 2 aliphatic heterocycles. The van der Waals surface area contributed by atoms with Gasteiger partial charge in [0.25, 0.3) is 0 Å². The van der Waals surface area contributed by atoms with Crippen molar-refractivity contribution in [1.82, 2.24) is 4.90 Å². The molecule has 2 N–H and O–H groups in total. The molecule has 5 heteroatoms. The maximum Gasteiger partial charge on any atom is 0.166 e. The molecular weight excluding hydrogens is 276 g/mol. The second-order valence-corrected chi connectivity index (χ2v) is 4.45. The molecule has 1 fully saturated rings. The van der Waals surface area contributed by atoms with E-state index in [4.69, 9.17) is 10.5 Å². The molecule has 0 aromatic heterocycles. The van der Waals surface area contributed by atoms with Gasteiger partial charge in [0.15, 0.2) is 11.6 Å². The highest BCUT2D eigenvalue weighted by Gasteiger charge is 2.21. The lowest BCUT2D eigenvalue weighted by molar-refractivity contribution is 0.314. The van der Waals surface area contributed by atoms with Gasteiger partial charge in [0.05, 0.1) is 12.8 Å². The van der Waals surface area contributed by atoms with Gasteiger partial charge in [0.1, 0.15) is 5.70 Å². The number of allylic oxidation sites excluding steroid dienone is 2. The summed E-state index contributed by atoms with van der Waals surface area (Å²) < 4.78 is 5.18. The molecule has 5 nitrogen and oxygen atoms in total. The van der Waals surface area contributed by atoms with Gasteiger partial charge in [-0.15, -0.1) is 0 Å². The van der Waals surface area contributed by atoms with Gasteiger partial charge in [-0.05, 0) is 19.8 Å². The smallest absolute Gasteiger partial charge is 0.166 e. The van der Waals surface area contributed by atoms with E-state index < -0.39 is 0 Å². The first-order valence-electron chi connectivity index (χ1n) is 8.20. The molecule has 2 heterocycles. The summed E-state index contributed by atoms with van der Waals surface area (Å²) in [5, 5.41) is 0. The zero-order valence-electron chi connectivity index (χ0n) is 15.2. The largest absolute Gasteiger partial charge is 0.493 e. The Morgan fingerprint density at radius 1 is 1.23 bits per heavy atom. The third-order valence-corrected chi connectivity index (χ3v) is 3.38. The number of dihydropyridines is 1. The highest BCUT2D eigenvalue weighted by Crippen LogP contribution is 2.22. The van der Waals surface area contributed by atoms with E-state index in [0.717, 1.165) is 30.2 Å². The topological polar surface area (TPSA) is 63.2 Å². The van der Waals surface area contributed by atoms with Crippen LogP contribution in [-0.2, 0) is 4.74 Å². The van der Waals surface area contributed by atoms with Crippen LogP contribution in [0.15, 0.2) is 33.2 Å². The van der Waals surface area contributed by atoms with Gasteiger partial charge in [0, 0.05) is 31.9 Å².